The average Bonchev–Trinajstić information content (AvgIpc) is 3.20. The van der Waals surface area contributed by atoms with E-state index in [-0.39, 0.29) is 11.9 Å². The highest BCUT2D eigenvalue weighted by Gasteiger charge is 2.32. The molecule has 0 aromatic heterocycles. The van der Waals surface area contributed by atoms with E-state index in [2.05, 4.69) is 22.5 Å². The Morgan fingerprint density at radius 2 is 1.81 bits per heavy atom. The molecule has 0 aromatic rings. The highest BCUT2D eigenvalue weighted by Crippen LogP contribution is 2.26. The van der Waals surface area contributed by atoms with Crippen molar-refractivity contribution in [2.75, 3.05) is 19.6 Å². The second kappa shape index (κ2) is 7.10. The van der Waals surface area contributed by atoms with Gasteiger partial charge in [-0.3, -0.25) is 9.69 Å². The number of hydrogen-bond donors (Lipinski definition) is 2. The fraction of sp³-hybridized carbons (Fsp3) is 0.941. The Kier molecular flexibility index (Phi) is 5.17. The zero-order chi connectivity index (χ0) is 14.7. The maximum absolute atomic E-state index is 12.4. The minimum absolute atomic E-state index is 0.0445. The first-order chi connectivity index (χ1) is 10.2. The van der Waals surface area contributed by atoms with E-state index in [1.54, 1.807) is 0 Å². The fourth-order valence-corrected chi connectivity index (χ4v) is 4.38. The van der Waals surface area contributed by atoms with Gasteiger partial charge in [0.25, 0.3) is 0 Å². The molecule has 2 N–H and O–H groups in total. The van der Waals surface area contributed by atoms with Gasteiger partial charge in [-0.2, -0.15) is 0 Å². The molecule has 1 saturated carbocycles. The summed E-state index contributed by atoms with van der Waals surface area (Å²) in [4.78, 5) is 14.8. The van der Waals surface area contributed by atoms with Crippen LogP contribution in [0.3, 0.4) is 0 Å². The Hall–Kier alpha value is -0.610. The summed E-state index contributed by atoms with van der Waals surface area (Å²) in [6.45, 7) is 5.45. The van der Waals surface area contributed by atoms with Gasteiger partial charge in [0.05, 0.1) is 6.04 Å². The van der Waals surface area contributed by atoms with Gasteiger partial charge >= 0.3 is 0 Å². The number of carbonyl (C=O) groups excluding carboxylic acids is 1. The van der Waals surface area contributed by atoms with E-state index in [0.717, 1.165) is 25.0 Å². The zero-order valence-electron chi connectivity index (χ0n) is 13.4. The third kappa shape index (κ3) is 3.78. The van der Waals surface area contributed by atoms with E-state index < -0.39 is 0 Å². The Morgan fingerprint density at radius 1 is 1.10 bits per heavy atom. The van der Waals surface area contributed by atoms with Gasteiger partial charge in [0, 0.05) is 12.1 Å². The summed E-state index contributed by atoms with van der Waals surface area (Å²) in [6.07, 6.45) is 10.1. The first kappa shape index (κ1) is 15.3. The third-order valence-corrected chi connectivity index (χ3v) is 5.87. The summed E-state index contributed by atoms with van der Waals surface area (Å²) >= 11 is 0. The van der Waals surface area contributed by atoms with E-state index in [9.17, 15) is 4.79 Å². The number of rotatable bonds is 4. The number of likely N-dealkylation sites (tertiary alicyclic amines) is 1. The summed E-state index contributed by atoms with van der Waals surface area (Å²) in [5, 5.41) is 6.89. The number of nitrogens with zero attached hydrogens (tertiary/aromatic N) is 1. The summed E-state index contributed by atoms with van der Waals surface area (Å²) < 4.78 is 0. The molecule has 2 heterocycles. The number of carbonyl (C=O) groups is 1. The van der Waals surface area contributed by atoms with Crippen molar-refractivity contribution in [3.63, 3.8) is 0 Å². The summed E-state index contributed by atoms with van der Waals surface area (Å²) in [6, 6.07) is 1.23. The molecule has 3 fully saturated rings. The van der Waals surface area contributed by atoms with Crippen LogP contribution in [0.4, 0.5) is 0 Å². The highest BCUT2D eigenvalue weighted by molar-refractivity contribution is 5.81. The van der Waals surface area contributed by atoms with Gasteiger partial charge in [-0.15, -0.1) is 0 Å². The quantitative estimate of drug-likeness (QED) is 0.832. The second-order valence-corrected chi connectivity index (χ2v) is 7.24. The Bertz CT molecular complexity index is 340. The molecule has 120 valence electrons. The molecule has 0 radical (unpaired) electrons. The molecule has 4 heteroatoms. The van der Waals surface area contributed by atoms with E-state index in [1.807, 2.05) is 0 Å². The van der Waals surface area contributed by atoms with Crippen molar-refractivity contribution in [1.82, 2.24) is 15.5 Å². The van der Waals surface area contributed by atoms with Crippen molar-refractivity contribution in [3.8, 4) is 0 Å². The summed E-state index contributed by atoms with van der Waals surface area (Å²) in [5.74, 6) is 1.08. The monoisotopic (exact) mass is 293 g/mol. The summed E-state index contributed by atoms with van der Waals surface area (Å²) in [7, 11) is 0. The Labute approximate surface area is 129 Å². The molecule has 1 aliphatic carbocycles. The van der Waals surface area contributed by atoms with Crippen molar-refractivity contribution < 1.29 is 4.79 Å². The lowest BCUT2D eigenvalue weighted by Gasteiger charge is -2.37. The molecule has 0 bridgehead atoms. The summed E-state index contributed by atoms with van der Waals surface area (Å²) in [5.41, 5.74) is 0. The van der Waals surface area contributed by atoms with Crippen LogP contribution >= 0.6 is 0 Å². The van der Waals surface area contributed by atoms with E-state index in [4.69, 9.17) is 0 Å². The number of hydrogen-bond acceptors (Lipinski definition) is 3. The van der Waals surface area contributed by atoms with Gasteiger partial charge < -0.3 is 10.6 Å². The molecule has 2 saturated heterocycles. The van der Waals surface area contributed by atoms with Gasteiger partial charge in [0.2, 0.25) is 5.91 Å². The molecule has 0 aromatic carbocycles. The molecule has 21 heavy (non-hydrogen) atoms. The number of piperidine rings is 1. The second-order valence-electron chi connectivity index (χ2n) is 7.24. The molecule has 4 nitrogen and oxygen atoms in total. The van der Waals surface area contributed by atoms with Crippen LogP contribution in [0, 0.1) is 5.92 Å². The van der Waals surface area contributed by atoms with Gasteiger partial charge in [-0.1, -0.05) is 12.8 Å². The van der Waals surface area contributed by atoms with Gasteiger partial charge in [0.15, 0.2) is 0 Å². The van der Waals surface area contributed by atoms with E-state index in [1.165, 1.54) is 57.9 Å². The van der Waals surface area contributed by atoms with E-state index in [0.29, 0.717) is 6.04 Å². The lowest BCUT2D eigenvalue weighted by atomic mass is 9.88. The van der Waals surface area contributed by atoms with Gasteiger partial charge in [-0.05, 0) is 71.0 Å². The molecule has 3 rings (SSSR count). The number of amides is 1. The first-order valence-electron chi connectivity index (χ1n) is 9.02. The zero-order valence-corrected chi connectivity index (χ0v) is 13.4. The Morgan fingerprint density at radius 3 is 2.43 bits per heavy atom. The lowest BCUT2D eigenvalue weighted by Crippen LogP contribution is -2.51. The van der Waals surface area contributed by atoms with Crippen LogP contribution in [-0.4, -0.2) is 48.6 Å². The fourth-order valence-electron chi connectivity index (χ4n) is 4.38. The third-order valence-electron chi connectivity index (χ3n) is 5.87. The first-order valence-corrected chi connectivity index (χ1v) is 9.02. The maximum atomic E-state index is 12.4. The van der Waals surface area contributed by atoms with Crippen molar-refractivity contribution in [1.29, 1.82) is 0 Å². The average molecular weight is 293 g/mol. The SMILES string of the molecule is CC(C(=O)NC1CCCC1)N1CCC(C2CCCN2)CC1. The maximum Gasteiger partial charge on any atom is 0.237 e. The smallest absolute Gasteiger partial charge is 0.237 e. The topological polar surface area (TPSA) is 44.4 Å². The van der Waals surface area contributed by atoms with Crippen LogP contribution < -0.4 is 10.6 Å². The van der Waals surface area contributed by atoms with Crippen LogP contribution in [0.25, 0.3) is 0 Å². The standard InChI is InChI=1S/C17H31N3O/c1-13(17(21)19-15-5-2-3-6-15)20-11-8-14(9-12-20)16-7-4-10-18-16/h13-16,18H,2-12H2,1H3,(H,19,21). The van der Waals surface area contributed by atoms with E-state index >= 15 is 0 Å². The van der Waals surface area contributed by atoms with Crippen molar-refractivity contribution >= 4 is 5.91 Å². The van der Waals surface area contributed by atoms with Crippen LogP contribution in [0.5, 0.6) is 0 Å². The Balaban J connectivity index is 1.43. The van der Waals surface area contributed by atoms with Gasteiger partial charge in [0.1, 0.15) is 0 Å². The van der Waals surface area contributed by atoms with Crippen LogP contribution in [0.15, 0.2) is 0 Å². The molecule has 1 amide bonds. The molecule has 2 aliphatic heterocycles. The highest BCUT2D eigenvalue weighted by atomic mass is 16.2. The van der Waals surface area contributed by atoms with Crippen LogP contribution in [-0.2, 0) is 4.79 Å². The lowest BCUT2D eigenvalue weighted by molar-refractivity contribution is -0.127. The molecule has 3 aliphatic rings. The normalized spacial score (nSPS) is 30.6. The predicted molar refractivity (Wildman–Crippen MR) is 85.2 cm³/mol. The minimum atomic E-state index is 0.0445. The molecule has 0 spiro atoms. The van der Waals surface area contributed by atoms with Crippen LogP contribution in [0.2, 0.25) is 0 Å². The molecular weight excluding hydrogens is 262 g/mol. The largest absolute Gasteiger partial charge is 0.352 e. The molecular formula is C17H31N3O. The predicted octanol–water partition coefficient (Wildman–Crippen LogP) is 1.90. The van der Waals surface area contributed by atoms with Crippen molar-refractivity contribution in [3.05, 3.63) is 0 Å². The minimum Gasteiger partial charge on any atom is -0.352 e. The molecule has 2 unspecified atom stereocenters. The van der Waals surface area contributed by atoms with Crippen molar-refractivity contribution in [2.24, 2.45) is 5.92 Å². The van der Waals surface area contributed by atoms with Crippen molar-refractivity contribution in [2.45, 2.75) is 76.4 Å². The molecule has 2 atom stereocenters. The van der Waals surface area contributed by atoms with Gasteiger partial charge in [-0.25, -0.2) is 0 Å². The van der Waals surface area contributed by atoms with Crippen LogP contribution in [0.1, 0.15) is 58.3 Å². The number of nitrogens with one attached hydrogen (secondary N) is 2.